The zero-order chi connectivity index (χ0) is 23.5. The molecule has 0 amide bonds. The number of benzene rings is 3. The van der Waals surface area contributed by atoms with E-state index in [0.717, 1.165) is 33.9 Å². The topological polar surface area (TPSA) is 56.8 Å². The van der Waals surface area contributed by atoms with Crippen LogP contribution in [-0.2, 0) is 9.53 Å². The first-order valence-corrected chi connectivity index (χ1v) is 11.4. The molecular formula is C26H25Cl2NO4. The van der Waals surface area contributed by atoms with Gasteiger partial charge in [0.1, 0.15) is 17.5 Å². The van der Waals surface area contributed by atoms with Crippen molar-refractivity contribution in [2.75, 3.05) is 26.1 Å². The van der Waals surface area contributed by atoms with Crippen LogP contribution >= 0.6 is 23.2 Å². The number of hydrogen-bond donors (Lipinski definition) is 1. The Kier molecular flexibility index (Phi) is 7.01. The molecule has 3 unspecified atom stereocenters. The minimum absolute atomic E-state index is 0.236. The second-order valence-corrected chi connectivity index (χ2v) is 8.62. The first-order valence-electron chi connectivity index (χ1n) is 10.7. The third-order valence-electron chi connectivity index (χ3n) is 5.95. The van der Waals surface area contributed by atoms with Gasteiger partial charge in [0, 0.05) is 33.1 Å². The molecule has 172 valence electrons. The molecule has 0 saturated carbocycles. The number of ether oxygens (including phenoxy) is 3. The van der Waals surface area contributed by atoms with Crippen LogP contribution in [0.5, 0.6) is 11.5 Å². The minimum Gasteiger partial charge on any atom is -0.497 e. The van der Waals surface area contributed by atoms with Gasteiger partial charge in [-0.05, 0) is 54.4 Å². The molecule has 0 fully saturated rings. The fourth-order valence-electron chi connectivity index (χ4n) is 4.48. The number of nitrogens with one attached hydrogen (secondary N) is 1. The summed E-state index contributed by atoms with van der Waals surface area (Å²) in [6, 6.07) is 18.4. The second-order valence-electron chi connectivity index (χ2n) is 7.77. The molecule has 0 aromatic heterocycles. The fraction of sp³-hybridized carbons (Fsp3) is 0.269. The minimum atomic E-state index is -0.646. The molecule has 0 saturated heterocycles. The molecule has 3 atom stereocenters. The molecular weight excluding hydrogens is 461 g/mol. The molecule has 0 bridgehead atoms. The van der Waals surface area contributed by atoms with E-state index in [1.165, 1.54) is 0 Å². The summed E-state index contributed by atoms with van der Waals surface area (Å²) in [5, 5.41) is 4.39. The van der Waals surface area contributed by atoms with Crippen LogP contribution in [-0.4, -0.2) is 32.8 Å². The molecule has 0 aliphatic carbocycles. The lowest BCUT2D eigenvalue weighted by Gasteiger charge is -2.40. The molecule has 1 aliphatic rings. The van der Waals surface area contributed by atoms with Gasteiger partial charge in [0.25, 0.3) is 0 Å². The Morgan fingerprint density at radius 3 is 2.03 bits per heavy atom. The summed E-state index contributed by atoms with van der Waals surface area (Å²) < 4.78 is 16.1. The lowest BCUT2D eigenvalue weighted by Crippen LogP contribution is -2.43. The highest BCUT2D eigenvalue weighted by Crippen LogP contribution is 2.51. The summed E-state index contributed by atoms with van der Waals surface area (Å²) in [5.41, 5.74) is 3.56. The number of carbonyl (C=O) groups excluding carboxylic acids is 1. The van der Waals surface area contributed by atoms with Gasteiger partial charge in [-0.15, -0.1) is 0 Å². The van der Waals surface area contributed by atoms with Crippen molar-refractivity contribution >= 4 is 34.9 Å². The number of methoxy groups -OCH3 is 2. The summed E-state index contributed by atoms with van der Waals surface area (Å²) in [4.78, 5) is 13.2. The zero-order valence-corrected chi connectivity index (χ0v) is 20.1. The zero-order valence-electron chi connectivity index (χ0n) is 18.6. The highest BCUT2D eigenvalue weighted by Gasteiger charge is 2.44. The van der Waals surface area contributed by atoms with Gasteiger partial charge in [-0.2, -0.15) is 0 Å². The monoisotopic (exact) mass is 485 g/mol. The van der Waals surface area contributed by atoms with E-state index < -0.39 is 6.04 Å². The number of carbonyl (C=O) groups is 1. The van der Waals surface area contributed by atoms with Gasteiger partial charge in [-0.3, -0.25) is 0 Å². The van der Waals surface area contributed by atoms with E-state index in [1.54, 1.807) is 33.3 Å². The van der Waals surface area contributed by atoms with Crippen molar-refractivity contribution < 1.29 is 19.0 Å². The third-order valence-corrected chi connectivity index (χ3v) is 6.48. The Hall–Kier alpha value is -2.89. The summed E-state index contributed by atoms with van der Waals surface area (Å²) in [6.45, 7) is 2.08. The predicted octanol–water partition coefficient (Wildman–Crippen LogP) is 6.28. The van der Waals surface area contributed by atoms with Crippen LogP contribution in [0.4, 0.5) is 5.69 Å². The van der Waals surface area contributed by atoms with E-state index in [9.17, 15) is 4.79 Å². The normalized spacial score (nSPS) is 19.2. The van der Waals surface area contributed by atoms with Crippen LogP contribution in [0.1, 0.15) is 35.4 Å². The summed E-state index contributed by atoms with van der Waals surface area (Å²) in [5.74, 6) is 0.618. The Labute approximate surface area is 203 Å². The van der Waals surface area contributed by atoms with Crippen LogP contribution in [0, 0.1) is 0 Å². The molecule has 0 spiro atoms. The molecule has 3 aromatic carbocycles. The maximum atomic E-state index is 13.2. The van der Waals surface area contributed by atoms with Crippen molar-refractivity contribution in [2.45, 2.75) is 24.8 Å². The lowest BCUT2D eigenvalue weighted by molar-refractivity contribution is -0.144. The van der Waals surface area contributed by atoms with Crippen LogP contribution in [0.15, 0.2) is 60.7 Å². The molecule has 0 radical (unpaired) electrons. The quantitative estimate of drug-likeness (QED) is 0.416. The Balaban J connectivity index is 1.95. The fourth-order valence-corrected chi connectivity index (χ4v) is 5.09. The number of anilines is 1. The first-order chi connectivity index (χ1) is 16.0. The number of fused-ring (bicyclic) bond motifs is 1. The van der Waals surface area contributed by atoms with E-state index in [-0.39, 0.29) is 24.4 Å². The molecule has 3 aromatic rings. The largest absolute Gasteiger partial charge is 0.497 e. The van der Waals surface area contributed by atoms with Crippen LogP contribution in [0.2, 0.25) is 10.0 Å². The molecule has 1 N–H and O–H groups in total. The van der Waals surface area contributed by atoms with Gasteiger partial charge in [0.2, 0.25) is 0 Å². The smallest absolute Gasteiger partial charge is 0.329 e. The van der Waals surface area contributed by atoms with Crippen molar-refractivity contribution in [3.05, 3.63) is 87.4 Å². The average Bonchev–Trinajstić information content (AvgIpc) is 2.83. The van der Waals surface area contributed by atoms with Crippen LogP contribution < -0.4 is 14.8 Å². The predicted molar refractivity (Wildman–Crippen MR) is 131 cm³/mol. The maximum absolute atomic E-state index is 13.2. The van der Waals surface area contributed by atoms with Gasteiger partial charge < -0.3 is 19.5 Å². The molecule has 4 rings (SSSR count). The van der Waals surface area contributed by atoms with Crippen molar-refractivity contribution in [1.29, 1.82) is 0 Å². The Morgan fingerprint density at radius 2 is 1.48 bits per heavy atom. The Bertz CT molecular complexity index is 1130. The third kappa shape index (κ3) is 4.61. The molecule has 1 aliphatic heterocycles. The highest BCUT2D eigenvalue weighted by molar-refractivity contribution is 6.35. The number of halogens is 2. The SMILES string of the molecule is CCOC(=O)C1Nc2cc(Cl)cc(Cl)c2C(c2ccc(OC)cc2)C1c1ccc(OC)cc1. The maximum Gasteiger partial charge on any atom is 0.329 e. The summed E-state index contributed by atoms with van der Waals surface area (Å²) >= 11 is 13.1. The van der Waals surface area contributed by atoms with Crippen molar-refractivity contribution in [3.8, 4) is 11.5 Å². The average molecular weight is 486 g/mol. The summed E-state index contributed by atoms with van der Waals surface area (Å²) in [7, 11) is 3.25. The highest BCUT2D eigenvalue weighted by atomic mass is 35.5. The lowest BCUT2D eigenvalue weighted by atomic mass is 9.70. The van der Waals surface area contributed by atoms with Gasteiger partial charge in [-0.25, -0.2) is 4.79 Å². The van der Waals surface area contributed by atoms with Crippen molar-refractivity contribution in [2.24, 2.45) is 0 Å². The number of rotatable bonds is 6. The number of hydrogen-bond acceptors (Lipinski definition) is 5. The molecule has 1 heterocycles. The second kappa shape index (κ2) is 9.94. The molecule has 5 nitrogen and oxygen atoms in total. The van der Waals surface area contributed by atoms with Crippen LogP contribution in [0.3, 0.4) is 0 Å². The number of esters is 1. The standard InChI is InChI=1S/C26H25Cl2NO4/c1-4-33-26(30)25-23(16-7-11-19(32-3)12-8-16)22(15-5-9-18(31-2)10-6-15)24-20(28)13-17(27)14-21(24)29-25/h5-14,22-23,25,29H,4H2,1-3H3. The van der Waals surface area contributed by atoms with Crippen LogP contribution in [0.25, 0.3) is 0 Å². The van der Waals surface area contributed by atoms with Crippen molar-refractivity contribution in [3.63, 3.8) is 0 Å². The van der Waals surface area contributed by atoms with Gasteiger partial charge in [0.05, 0.1) is 20.8 Å². The van der Waals surface area contributed by atoms with Gasteiger partial charge in [-0.1, -0.05) is 47.5 Å². The van der Waals surface area contributed by atoms with E-state index >= 15 is 0 Å². The molecule has 33 heavy (non-hydrogen) atoms. The van der Waals surface area contributed by atoms with Crippen molar-refractivity contribution in [1.82, 2.24) is 0 Å². The van der Waals surface area contributed by atoms with E-state index in [1.807, 2.05) is 48.5 Å². The van der Waals surface area contributed by atoms with Gasteiger partial charge >= 0.3 is 5.97 Å². The Morgan fingerprint density at radius 1 is 0.909 bits per heavy atom. The van der Waals surface area contributed by atoms with Gasteiger partial charge in [0.15, 0.2) is 0 Å². The summed E-state index contributed by atoms with van der Waals surface area (Å²) in [6.07, 6.45) is 0. The molecule has 7 heteroatoms. The van der Waals surface area contributed by atoms with E-state index in [2.05, 4.69) is 5.32 Å². The van der Waals surface area contributed by atoms with E-state index in [4.69, 9.17) is 37.4 Å². The van der Waals surface area contributed by atoms with E-state index in [0.29, 0.717) is 10.0 Å². The first kappa shape index (κ1) is 23.3.